The van der Waals surface area contributed by atoms with Gasteiger partial charge >= 0.3 is 5.97 Å². The number of benzene rings is 1. The molecule has 1 aromatic carbocycles. The van der Waals surface area contributed by atoms with Gasteiger partial charge in [0.2, 0.25) is 5.91 Å². The van der Waals surface area contributed by atoms with Gasteiger partial charge in [-0.05, 0) is 6.42 Å². The lowest BCUT2D eigenvalue weighted by Gasteiger charge is -2.31. The van der Waals surface area contributed by atoms with E-state index < -0.39 is 40.9 Å². The number of carboxylic acid groups (broad SMARTS) is 1. The summed E-state index contributed by atoms with van der Waals surface area (Å²) in [6.07, 6.45) is 0.00230. The number of rotatable bonds is 2. The number of halogens is 3. The third-order valence-corrected chi connectivity index (χ3v) is 3.01. The number of hydrogen-bond donors (Lipinski definition) is 1. The molecule has 1 amide bonds. The average Bonchev–Trinajstić information content (AvgIpc) is 2.29. The Morgan fingerprint density at radius 1 is 1.26 bits per heavy atom. The van der Waals surface area contributed by atoms with Crippen LogP contribution in [-0.2, 0) is 9.59 Å². The normalized spacial score (nSPS) is 19.6. The lowest BCUT2D eigenvalue weighted by Crippen LogP contribution is -2.43. The summed E-state index contributed by atoms with van der Waals surface area (Å²) in [6, 6.07) is 0.909. The highest BCUT2D eigenvalue weighted by Gasteiger charge is 2.33. The Balaban J connectivity index is 2.39. The van der Waals surface area contributed by atoms with Crippen molar-refractivity contribution >= 4 is 17.6 Å². The van der Waals surface area contributed by atoms with Gasteiger partial charge in [0.25, 0.3) is 0 Å². The number of anilines is 1. The van der Waals surface area contributed by atoms with Crippen molar-refractivity contribution in [2.24, 2.45) is 5.92 Å². The zero-order chi connectivity index (χ0) is 14.2. The summed E-state index contributed by atoms with van der Waals surface area (Å²) >= 11 is 0. The molecule has 1 aliphatic heterocycles. The van der Waals surface area contributed by atoms with Gasteiger partial charge in [-0.25, -0.2) is 13.2 Å². The van der Waals surface area contributed by atoms with Gasteiger partial charge in [0.15, 0.2) is 11.6 Å². The molecular weight excluding hydrogens is 263 g/mol. The molecule has 1 unspecified atom stereocenters. The molecule has 1 aromatic rings. The smallest absolute Gasteiger partial charge is 0.308 e. The summed E-state index contributed by atoms with van der Waals surface area (Å²) in [6.45, 7) is -0.326. The van der Waals surface area contributed by atoms with Gasteiger partial charge < -0.3 is 10.0 Å². The van der Waals surface area contributed by atoms with Crippen molar-refractivity contribution in [1.29, 1.82) is 0 Å². The van der Waals surface area contributed by atoms with Crippen LogP contribution in [0.4, 0.5) is 18.9 Å². The molecule has 2 rings (SSSR count). The Labute approximate surface area is 106 Å². The summed E-state index contributed by atoms with van der Waals surface area (Å²) in [5.41, 5.74) is -0.697. The van der Waals surface area contributed by atoms with Crippen LogP contribution in [-0.4, -0.2) is 23.5 Å². The first-order valence-electron chi connectivity index (χ1n) is 5.58. The highest BCUT2D eigenvalue weighted by Crippen LogP contribution is 2.29. The van der Waals surface area contributed by atoms with E-state index in [1.54, 1.807) is 0 Å². The van der Waals surface area contributed by atoms with Gasteiger partial charge in [-0.15, -0.1) is 0 Å². The maximum atomic E-state index is 13.6. The van der Waals surface area contributed by atoms with Gasteiger partial charge in [-0.3, -0.25) is 9.59 Å². The standard InChI is InChI=1S/C12H10F3NO3/c13-7-3-8(14)11(9(15)4-7)16-5-6(12(18)19)1-2-10(16)17/h3-4,6H,1-2,5H2,(H,18,19). The van der Waals surface area contributed by atoms with E-state index >= 15 is 0 Å². The van der Waals surface area contributed by atoms with Crippen LogP contribution >= 0.6 is 0 Å². The van der Waals surface area contributed by atoms with Crippen molar-refractivity contribution in [3.63, 3.8) is 0 Å². The van der Waals surface area contributed by atoms with Crippen LogP contribution in [0.25, 0.3) is 0 Å². The maximum absolute atomic E-state index is 13.6. The van der Waals surface area contributed by atoms with Crippen LogP contribution < -0.4 is 4.90 Å². The van der Waals surface area contributed by atoms with E-state index in [0.29, 0.717) is 12.1 Å². The molecule has 4 nitrogen and oxygen atoms in total. The van der Waals surface area contributed by atoms with Gasteiger partial charge in [0, 0.05) is 25.1 Å². The molecule has 102 valence electrons. The Morgan fingerprint density at radius 2 is 1.84 bits per heavy atom. The Hall–Kier alpha value is -2.05. The van der Waals surface area contributed by atoms with Crippen molar-refractivity contribution in [3.8, 4) is 0 Å². The zero-order valence-electron chi connectivity index (χ0n) is 9.70. The van der Waals surface area contributed by atoms with Crippen molar-refractivity contribution in [2.45, 2.75) is 12.8 Å². The summed E-state index contributed by atoms with van der Waals surface area (Å²) in [5.74, 6) is -6.16. The molecule has 0 spiro atoms. The molecule has 1 fully saturated rings. The van der Waals surface area contributed by atoms with Gasteiger partial charge in [-0.2, -0.15) is 0 Å². The van der Waals surface area contributed by atoms with Crippen molar-refractivity contribution in [2.75, 3.05) is 11.4 Å². The van der Waals surface area contributed by atoms with Crippen molar-refractivity contribution in [1.82, 2.24) is 0 Å². The molecule has 0 radical (unpaired) electrons. The lowest BCUT2D eigenvalue weighted by molar-refractivity contribution is -0.142. The fourth-order valence-electron chi connectivity index (χ4n) is 2.06. The average molecular weight is 273 g/mol. The predicted molar refractivity (Wildman–Crippen MR) is 59.0 cm³/mol. The van der Waals surface area contributed by atoms with Crippen molar-refractivity contribution in [3.05, 3.63) is 29.6 Å². The zero-order valence-corrected chi connectivity index (χ0v) is 9.70. The monoisotopic (exact) mass is 273 g/mol. The molecule has 1 N–H and O–H groups in total. The van der Waals surface area contributed by atoms with Crippen LogP contribution in [0.15, 0.2) is 12.1 Å². The molecule has 7 heteroatoms. The molecule has 0 saturated carbocycles. The minimum absolute atomic E-state index is 0.118. The highest BCUT2D eigenvalue weighted by atomic mass is 19.1. The van der Waals surface area contributed by atoms with E-state index in [9.17, 15) is 22.8 Å². The first kappa shape index (κ1) is 13.4. The quantitative estimate of drug-likeness (QED) is 0.895. The SMILES string of the molecule is O=C(O)C1CCC(=O)N(c2c(F)cc(F)cc2F)C1. The molecule has 1 heterocycles. The number of amides is 1. The Kier molecular flexibility index (Phi) is 3.46. The second-order valence-corrected chi connectivity index (χ2v) is 4.30. The van der Waals surface area contributed by atoms with E-state index in [-0.39, 0.29) is 19.4 Å². The second-order valence-electron chi connectivity index (χ2n) is 4.30. The fourth-order valence-corrected chi connectivity index (χ4v) is 2.06. The van der Waals surface area contributed by atoms with E-state index in [4.69, 9.17) is 5.11 Å². The van der Waals surface area contributed by atoms with Gasteiger partial charge in [0.05, 0.1) is 5.92 Å². The Morgan fingerprint density at radius 3 is 2.37 bits per heavy atom. The Bertz CT molecular complexity index is 524. The summed E-state index contributed by atoms with van der Waals surface area (Å²) in [7, 11) is 0. The lowest BCUT2D eigenvalue weighted by atomic mass is 9.97. The number of piperidine rings is 1. The summed E-state index contributed by atoms with van der Waals surface area (Å²) in [5, 5.41) is 8.89. The van der Waals surface area contributed by atoms with Gasteiger partial charge in [-0.1, -0.05) is 0 Å². The summed E-state index contributed by atoms with van der Waals surface area (Å²) < 4.78 is 40.0. The molecule has 0 bridgehead atoms. The first-order valence-corrected chi connectivity index (χ1v) is 5.58. The van der Waals surface area contributed by atoms with Crippen LogP contribution in [0, 0.1) is 23.4 Å². The third-order valence-electron chi connectivity index (χ3n) is 3.01. The fraction of sp³-hybridized carbons (Fsp3) is 0.333. The molecule has 1 atom stereocenters. The van der Waals surface area contributed by atoms with E-state index in [1.165, 1.54) is 0 Å². The van der Waals surface area contributed by atoms with E-state index in [2.05, 4.69) is 0 Å². The number of carbonyl (C=O) groups excluding carboxylic acids is 1. The van der Waals surface area contributed by atoms with Crippen LogP contribution in [0.3, 0.4) is 0 Å². The maximum Gasteiger partial charge on any atom is 0.308 e. The van der Waals surface area contributed by atoms with Crippen LogP contribution in [0.1, 0.15) is 12.8 Å². The van der Waals surface area contributed by atoms with E-state index in [0.717, 1.165) is 4.90 Å². The number of hydrogen-bond acceptors (Lipinski definition) is 2. The molecule has 1 saturated heterocycles. The number of carbonyl (C=O) groups is 2. The number of aliphatic carboxylic acids is 1. The van der Waals surface area contributed by atoms with Gasteiger partial charge in [0.1, 0.15) is 11.5 Å². The third kappa shape index (κ3) is 2.54. The largest absolute Gasteiger partial charge is 0.481 e. The molecule has 0 aromatic heterocycles. The second kappa shape index (κ2) is 4.91. The summed E-state index contributed by atoms with van der Waals surface area (Å²) in [4.78, 5) is 23.3. The number of carboxylic acids is 1. The minimum atomic E-state index is -1.23. The topological polar surface area (TPSA) is 57.6 Å². The highest BCUT2D eigenvalue weighted by molar-refractivity contribution is 5.95. The molecule has 1 aliphatic rings. The predicted octanol–water partition coefficient (Wildman–Crippen LogP) is 1.93. The van der Waals surface area contributed by atoms with Crippen molar-refractivity contribution < 1.29 is 27.9 Å². The van der Waals surface area contributed by atoms with E-state index in [1.807, 2.05) is 0 Å². The molecule has 19 heavy (non-hydrogen) atoms. The number of nitrogens with zero attached hydrogens (tertiary/aromatic N) is 1. The first-order chi connectivity index (χ1) is 8.90. The molecule has 0 aliphatic carbocycles. The van der Waals surface area contributed by atoms with Crippen LogP contribution in [0.5, 0.6) is 0 Å². The molecular formula is C12H10F3NO3. The van der Waals surface area contributed by atoms with Crippen LogP contribution in [0.2, 0.25) is 0 Å². The minimum Gasteiger partial charge on any atom is -0.481 e.